The Hall–Kier alpha value is -1.06. The number of nitrogens with one attached hydrogen (secondary N) is 1. The van der Waals surface area contributed by atoms with Crippen LogP contribution < -0.4 is 10.2 Å². The van der Waals surface area contributed by atoms with Crippen LogP contribution in [0.15, 0.2) is 24.3 Å². The van der Waals surface area contributed by atoms with Gasteiger partial charge in [-0.05, 0) is 58.0 Å². The van der Waals surface area contributed by atoms with Crippen molar-refractivity contribution in [2.45, 2.75) is 32.7 Å². The predicted octanol–water partition coefficient (Wildman–Crippen LogP) is 3.14. The van der Waals surface area contributed by atoms with Crippen LogP contribution in [0.2, 0.25) is 0 Å². The summed E-state index contributed by atoms with van der Waals surface area (Å²) < 4.78 is 0. The minimum Gasteiger partial charge on any atom is -0.371 e. The molecule has 0 spiro atoms. The van der Waals surface area contributed by atoms with Crippen LogP contribution in [0.5, 0.6) is 0 Å². The second-order valence-electron chi connectivity index (χ2n) is 6.53. The summed E-state index contributed by atoms with van der Waals surface area (Å²) in [5, 5.41) is 3.54. The molecule has 1 fully saturated rings. The molecule has 1 aromatic rings. The van der Waals surface area contributed by atoms with Crippen LogP contribution in [-0.2, 0) is 0 Å². The second kappa shape index (κ2) is 7.81. The Labute approximate surface area is 130 Å². The van der Waals surface area contributed by atoms with Crippen molar-refractivity contribution in [1.29, 1.82) is 0 Å². The van der Waals surface area contributed by atoms with E-state index in [9.17, 15) is 0 Å². The summed E-state index contributed by atoms with van der Waals surface area (Å²) in [4.78, 5) is 4.90. The van der Waals surface area contributed by atoms with E-state index >= 15 is 0 Å². The van der Waals surface area contributed by atoms with Crippen LogP contribution >= 0.6 is 0 Å². The fraction of sp³-hybridized carbons (Fsp3) is 0.667. The van der Waals surface area contributed by atoms with E-state index in [-0.39, 0.29) is 0 Å². The SMILES string of the molecule is CCNC(C)c1ccccc1N1CCC(CN(C)C)CC1. The summed E-state index contributed by atoms with van der Waals surface area (Å²) in [7, 11) is 4.36. The number of hydrogen-bond acceptors (Lipinski definition) is 3. The summed E-state index contributed by atoms with van der Waals surface area (Å²) in [5.74, 6) is 0.856. The molecule has 1 unspecified atom stereocenters. The van der Waals surface area contributed by atoms with Crippen molar-refractivity contribution in [2.75, 3.05) is 45.2 Å². The minimum absolute atomic E-state index is 0.422. The molecule has 2 rings (SSSR count). The van der Waals surface area contributed by atoms with Crippen molar-refractivity contribution in [3.8, 4) is 0 Å². The Balaban J connectivity index is 2.03. The molecule has 3 nitrogen and oxygen atoms in total. The highest BCUT2D eigenvalue weighted by atomic mass is 15.1. The fourth-order valence-electron chi connectivity index (χ4n) is 3.43. The van der Waals surface area contributed by atoms with E-state index in [2.05, 4.69) is 67.3 Å². The van der Waals surface area contributed by atoms with Crippen LogP contribution in [0.1, 0.15) is 38.3 Å². The summed E-state index contributed by atoms with van der Waals surface area (Å²) in [6.45, 7) is 9.05. The topological polar surface area (TPSA) is 18.5 Å². The zero-order valence-electron chi connectivity index (χ0n) is 14.1. The fourth-order valence-corrected chi connectivity index (χ4v) is 3.43. The average Bonchev–Trinajstić information content (AvgIpc) is 2.48. The Bertz CT molecular complexity index is 422. The van der Waals surface area contributed by atoms with E-state index in [4.69, 9.17) is 0 Å². The van der Waals surface area contributed by atoms with Crippen LogP contribution in [-0.4, -0.2) is 45.2 Å². The highest BCUT2D eigenvalue weighted by Crippen LogP contribution is 2.30. The lowest BCUT2D eigenvalue weighted by Crippen LogP contribution is -2.38. The molecule has 0 bridgehead atoms. The number of piperidine rings is 1. The minimum atomic E-state index is 0.422. The van der Waals surface area contributed by atoms with Gasteiger partial charge >= 0.3 is 0 Å². The van der Waals surface area contributed by atoms with E-state index in [1.807, 2.05) is 0 Å². The average molecular weight is 289 g/mol. The summed E-state index contributed by atoms with van der Waals surface area (Å²) in [6, 6.07) is 9.31. The summed E-state index contributed by atoms with van der Waals surface area (Å²) in [5.41, 5.74) is 2.86. The normalized spacial score (nSPS) is 18.2. The summed E-state index contributed by atoms with van der Waals surface area (Å²) >= 11 is 0. The van der Waals surface area contributed by atoms with E-state index in [1.165, 1.54) is 43.7 Å². The maximum Gasteiger partial charge on any atom is 0.0414 e. The lowest BCUT2D eigenvalue weighted by molar-refractivity contribution is 0.285. The monoisotopic (exact) mass is 289 g/mol. The van der Waals surface area contributed by atoms with Gasteiger partial charge in [0, 0.05) is 31.4 Å². The van der Waals surface area contributed by atoms with E-state index in [0.29, 0.717) is 6.04 Å². The third-order valence-electron chi connectivity index (χ3n) is 4.49. The molecule has 0 radical (unpaired) electrons. The van der Waals surface area contributed by atoms with Crippen LogP contribution in [0, 0.1) is 5.92 Å². The van der Waals surface area contributed by atoms with Gasteiger partial charge in [-0.3, -0.25) is 0 Å². The van der Waals surface area contributed by atoms with E-state index in [1.54, 1.807) is 0 Å². The number of nitrogens with zero attached hydrogens (tertiary/aromatic N) is 2. The lowest BCUT2D eigenvalue weighted by atomic mass is 9.95. The molecule has 1 aliphatic heterocycles. The number of benzene rings is 1. The first-order valence-corrected chi connectivity index (χ1v) is 8.33. The van der Waals surface area contributed by atoms with Gasteiger partial charge in [-0.1, -0.05) is 25.1 Å². The highest BCUT2D eigenvalue weighted by molar-refractivity contribution is 5.55. The Morgan fingerprint density at radius 2 is 1.90 bits per heavy atom. The number of hydrogen-bond donors (Lipinski definition) is 1. The molecule has 118 valence electrons. The van der Waals surface area contributed by atoms with Crippen molar-refractivity contribution in [1.82, 2.24) is 10.2 Å². The van der Waals surface area contributed by atoms with Gasteiger partial charge in [-0.15, -0.1) is 0 Å². The van der Waals surface area contributed by atoms with Gasteiger partial charge in [0.05, 0.1) is 0 Å². The van der Waals surface area contributed by atoms with E-state index < -0.39 is 0 Å². The standard InChI is InChI=1S/C18H31N3/c1-5-19-15(2)17-8-6-7-9-18(17)21-12-10-16(11-13-21)14-20(3)4/h6-9,15-16,19H,5,10-14H2,1-4H3. The second-order valence-corrected chi connectivity index (χ2v) is 6.53. The number of anilines is 1. The molecule has 1 heterocycles. The van der Waals surface area contributed by atoms with Gasteiger partial charge in [-0.2, -0.15) is 0 Å². The van der Waals surface area contributed by atoms with Crippen LogP contribution in [0.3, 0.4) is 0 Å². The molecule has 1 N–H and O–H groups in total. The smallest absolute Gasteiger partial charge is 0.0414 e. The molecule has 0 saturated carbocycles. The Morgan fingerprint density at radius 1 is 1.24 bits per heavy atom. The molecular weight excluding hydrogens is 258 g/mol. The number of rotatable bonds is 6. The largest absolute Gasteiger partial charge is 0.371 e. The summed E-state index contributed by atoms with van der Waals surface area (Å²) in [6.07, 6.45) is 2.62. The van der Waals surface area contributed by atoms with Crippen molar-refractivity contribution < 1.29 is 0 Å². The van der Waals surface area contributed by atoms with E-state index in [0.717, 1.165) is 12.5 Å². The number of para-hydroxylation sites is 1. The zero-order chi connectivity index (χ0) is 15.2. The third-order valence-corrected chi connectivity index (χ3v) is 4.49. The Morgan fingerprint density at radius 3 is 2.52 bits per heavy atom. The zero-order valence-corrected chi connectivity index (χ0v) is 14.1. The molecule has 1 saturated heterocycles. The highest BCUT2D eigenvalue weighted by Gasteiger charge is 2.22. The molecule has 3 heteroatoms. The van der Waals surface area contributed by atoms with Crippen LogP contribution in [0.4, 0.5) is 5.69 Å². The van der Waals surface area contributed by atoms with Gasteiger partial charge in [0.1, 0.15) is 0 Å². The maximum atomic E-state index is 3.54. The third kappa shape index (κ3) is 4.45. The first-order valence-electron chi connectivity index (χ1n) is 8.33. The maximum absolute atomic E-state index is 3.54. The first kappa shape index (κ1) is 16.3. The van der Waals surface area contributed by atoms with Gasteiger partial charge in [-0.25, -0.2) is 0 Å². The van der Waals surface area contributed by atoms with Gasteiger partial charge in [0.15, 0.2) is 0 Å². The van der Waals surface area contributed by atoms with Crippen molar-refractivity contribution >= 4 is 5.69 Å². The molecule has 0 aliphatic carbocycles. The quantitative estimate of drug-likeness (QED) is 0.868. The van der Waals surface area contributed by atoms with Gasteiger partial charge < -0.3 is 15.1 Å². The predicted molar refractivity (Wildman–Crippen MR) is 92.0 cm³/mol. The molecule has 0 amide bonds. The molecular formula is C18H31N3. The molecule has 1 atom stereocenters. The molecule has 0 aromatic heterocycles. The van der Waals surface area contributed by atoms with Gasteiger partial charge in [0.25, 0.3) is 0 Å². The molecule has 1 aliphatic rings. The molecule has 21 heavy (non-hydrogen) atoms. The van der Waals surface area contributed by atoms with Crippen molar-refractivity contribution in [3.63, 3.8) is 0 Å². The molecule has 1 aromatic carbocycles. The first-order chi connectivity index (χ1) is 10.1. The van der Waals surface area contributed by atoms with Crippen molar-refractivity contribution in [2.24, 2.45) is 5.92 Å². The van der Waals surface area contributed by atoms with Gasteiger partial charge in [0.2, 0.25) is 0 Å². The van der Waals surface area contributed by atoms with Crippen LogP contribution in [0.25, 0.3) is 0 Å². The lowest BCUT2D eigenvalue weighted by Gasteiger charge is -2.36. The Kier molecular flexibility index (Phi) is 6.07. The van der Waals surface area contributed by atoms with Crippen molar-refractivity contribution in [3.05, 3.63) is 29.8 Å².